The van der Waals surface area contributed by atoms with E-state index in [0.717, 1.165) is 0 Å². The molecule has 0 aliphatic rings. The van der Waals surface area contributed by atoms with Crippen LogP contribution in [0.25, 0.3) is 6.08 Å². The van der Waals surface area contributed by atoms with Gasteiger partial charge in [-0.25, -0.2) is 0 Å². The second-order valence-corrected chi connectivity index (χ2v) is 4.20. The molecule has 1 heterocycles. The molecule has 0 saturated heterocycles. The summed E-state index contributed by atoms with van der Waals surface area (Å²) in [5.41, 5.74) is 5.02. The van der Waals surface area contributed by atoms with Crippen molar-refractivity contribution in [3.8, 4) is 0 Å². The summed E-state index contributed by atoms with van der Waals surface area (Å²) >= 11 is 4.99. The summed E-state index contributed by atoms with van der Waals surface area (Å²) < 4.78 is 10.0. The van der Waals surface area contributed by atoms with Gasteiger partial charge in [0.25, 0.3) is 5.91 Å². The Bertz CT molecular complexity index is 431. The molecule has 0 saturated carbocycles. The van der Waals surface area contributed by atoms with Gasteiger partial charge in [0.2, 0.25) is 0 Å². The van der Waals surface area contributed by atoms with E-state index >= 15 is 0 Å². The zero-order valence-corrected chi connectivity index (χ0v) is 11.6. The molecule has 1 aromatic rings. The molecule has 7 heteroatoms. The highest BCUT2D eigenvalue weighted by atomic mass is 32.1. The molecule has 1 amide bonds. The number of ether oxygens (including phenoxy) is 1. The van der Waals surface area contributed by atoms with Crippen LogP contribution in [0.15, 0.2) is 28.9 Å². The maximum absolute atomic E-state index is 11.4. The van der Waals surface area contributed by atoms with E-state index in [9.17, 15) is 4.79 Å². The number of amides is 1. The average molecular weight is 283 g/mol. The van der Waals surface area contributed by atoms with Crippen LogP contribution in [0.2, 0.25) is 0 Å². The SMILES string of the molecule is COC[C@@H](C)NC(=S)NNC(=O)/C=C/c1ccco1. The van der Waals surface area contributed by atoms with Gasteiger partial charge in [0.05, 0.1) is 12.9 Å². The predicted octanol–water partition coefficient (Wildman–Crippen LogP) is 0.823. The normalized spacial score (nSPS) is 12.1. The number of carbonyl (C=O) groups excluding carboxylic acids is 1. The third-order valence-corrected chi connectivity index (χ3v) is 2.26. The number of methoxy groups -OCH3 is 1. The number of furan rings is 1. The van der Waals surface area contributed by atoms with Gasteiger partial charge in [0, 0.05) is 19.2 Å². The summed E-state index contributed by atoms with van der Waals surface area (Å²) in [5, 5.41) is 3.27. The second-order valence-electron chi connectivity index (χ2n) is 3.79. The molecule has 0 aromatic carbocycles. The molecular weight excluding hydrogens is 266 g/mol. The lowest BCUT2D eigenvalue weighted by Gasteiger charge is -2.15. The fourth-order valence-electron chi connectivity index (χ4n) is 1.26. The third kappa shape index (κ3) is 6.58. The summed E-state index contributed by atoms with van der Waals surface area (Å²) in [6, 6.07) is 3.54. The van der Waals surface area contributed by atoms with Gasteiger partial charge < -0.3 is 14.5 Å². The molecule has 19 heavy (non-hydrogen) atoms. The number of carbonyl (C=O) groups is 1. The Kier molecular flexibility index (Phi) is 6.62. The molecule has 0 radical (unpaired) electrons. The molecule has 0 unspecified atom stereocenters. The molecular formula is C12H17N3O3S. The Morgan fingerprint density at radius 2 is 2.37 bits per heavy atom. The number of hydrazine groups is 1. The Balaban J connectivity index is 2.24. The average Bonchev–Trinajstić information content (AvgIpc) is 2.87. The van der Waals surface area contributed by atoms with Crippen molar-refractivity contribution >= 4 is 29.3 Å². The van der Waals surface area contributed by atoms with E-state index in [1.165, 1.54) is 12.3 Å². The van der Waals surface area contributed by atoms with Crippen LogP contribution < -0.4 is 16.2 Å². The van der Waals surface area contributed by atoms with Crippen molar-refractivity contribution in [1.82, 2.24) is 16.2 Å². The molecule has 0 fully saturated rings. The van der Waals surface area contributed by atoms with E-state index in [-0.39, 0.29) is 11.9 Å². The van der Waals surface area contributed by atoms with Gasteiger partial charge in [-0.1, -0.05) is 0 Å². The van der Waals surface area contributed by atoms with Gasteiger partial charge in [-0.3, -0.25) is 15.6 Å². The molecule has 0 spiro atoms. The predicted molar refractivity (Wildman–Crippen MR) is 76.1 cm³/mol. The van der Waals surface area contributed by atoms with Crippen LogP contribution in [-0.4, -0.2) is 30.8 Å². The molecule has 1 aromatic heterocycles. The Morgan fingerprint density at radius 3 is 3.00 bits per heavy atom. The van der Waals surface area contributed by atoms with Crippen molar-refractivity contribution in [1.29, 1.82) is 0 Å². The van der Waals surface area contributed by atoms with Crippen molar-refractivity contribution in [3.05, 3.63) is 30.2 Å². The maximum Gasteiger partial charge on any atom is 0.262 e. The van der Waals surface area contributed by atoms with E-state index in [1.807, 2.05) is 6.92 Å². The topological polar surface area (TPSA) is 75.5 Å². The van der Waals surface area contributed by atoms with Crippen LogP contribution in [0.3, 0.4) is 0 Å². The molecule has 0 bridgehead atoms. The van der Waals surface area contributed by atoms with E-state index in [1.54, 1.807) is 25.3 Å². The molecule has 0 aliphatic heterocycles. The van der Waals surface area contributed by atoms with Crippen LogP contribution >= 0.6 is 12.2 Å². The first-order valence-corrected chi connectivity index (χ1v) is 6.09. The van der Waals surface area contributed by atoms with Crippen molar-refractivity contribution in [2.45, 2.75) is 13.0 Å². The van der Waals surface area contributed by atoms with Crippen LogP contribution in [0.4, 0.5) is 0 Å². The summed E-state index contributed by atoms with van der Waals surface area (Å²) in [6.45, 7) is 2.43. The summed E-state index contributed by atoms with van der Waals surface area (Å²) in [4.78, 5) is 11.4. The standard InChI is InChI=1S/C12H17N3O3S/c1-9(8-17-2)13-12(19)15-14-11(16)6-5-10-4-3-7-18-10/h3-7,9H,8H2,1-2H3,(H,14,16)(H2,13,15,19)/b6-5+/t9-/m1/s1. The minimum atomic E-state index is -0.333. The zero-order chi connectivity index (χ0) is 14.1. The van der Waals surface area contributed by atoms with E-state index in [2.05, 4.69) is 16.2 Å². The first kappa shape index (κ1) is 15.2. The molecule has 1 rings (SSSR count). The van der Waals surface area contributed by atoms with Gasteiger partial charge in [-0.15, -0.1) is 0 Å². The van der Waals surface area contributed by atoms with Crippen molar-refractivity contribution in [3.63, 3.8) is 0 Å². The van der Waals surface area contributed by atoms with Gasteiger partial charge in [0.15, 0.2) is 5.11 Å². The van der Waals surface area contributed by atoms with Crippen LogP contribution in [0, 0.1) is 0 Å². The number of thiocarbonyl (C=S) groups is 1. The number of hydrogen-bond acceptors (Lipinski definition) is 4. The van der Waals surface area contributed by atoms with E-state index < -0.39 is 0 Å². The van der Waals surface area contributed by atoms with E-state index in [4.69, 9.17) is 21.4 Å². The van der Waals surface area contributed by atoms with Crippen LogP contribution in [-0.2, 0) is 9.53 Å². The molecule has 3 N–H and O–H groups in total. The first-order valence-electron chi connectivity index (χ1n) is 5.69. The summed E-state index contributed by atoms with van der Waals surface area (Å²) in [6.07, 6.45) is 4.43. The van der Waals surface area contributed by atoms with Gasteiger partial charge in [-0.2, -0.15) is 0 Å². The molecule has 6 nitrogen and oxygen atoms in total. The number of hydrogen-bond donors (Lipinski definition) is 3. The Morgan fingerprint density at radius 1 is 1.58 bits per heavy atom. The lowest BCUT2D eigenvalue weighted by Crippen LogP contribution is -2.49. The van der Waals surface area contributed by atoms with Gasteiger partial charge in [-0.05, 0) is 37.4 Å². The minimum absolute atomic E-state index is 0.0561. The van der Waals surface area contributed by atoms with Crippen molar-refractivity contribution < 1.29 is 13.9 Å². The first-order chi connectivity index (χ1) is 9.11. The number of rotatable bonds is 5. The zero-order valence-electron chi connectivity index (χ0n) is 10.8. The van der Waals surface area contributed by atoms with Gasteiger partial charge in [0.1, 0.15) is 5.76 Å². The van der Waals surface area contributed by atoms with Crippen molar-refractivity contribution in [2.75, 3.05) is 13.7 Å². The highest BCUT2D eigenvalue weighted by molar-refractivity contribution is 7.80. The Hall–Kier alpha value is -1.86. The van der Waals surface area contributed by atoms with Crippen molar-refractivity contribution in [2.24, 2.45) is 0 Å². The smallest absolute Gasteiger partial charge is 0.262 e. The molecule has 104 valence electrons. The van der Waals surface area contributed by atoms with Gasteiger partial charge >= 0.3 is 0 Å². The summed E-state index contributed by atoms with van der Waals surface area (Å²) in [5.74, 6) is 0.268. The Labute approximate surface area is 117 Å². The van der Waals surface area contributed by atoms with Crippen LogP contribution in [0.5, 0.6) is 0 Å². The lowest BCUT2D eigenvalue weighted by molar-refractivity contribution is -0.117. The minimum Gasteiger partial charge on any atom is -0.465 e. The maximum atomic E-state index is 11.4. The second kappa shape index (κ2) is 8.28. The fourth-order valence-corrected chi connectivity index (χ4v) is 1.51. The van der Waals surface area contributed by atoms with E-state index in [0.29, 0.717) is 17.5 Å². The quantitative estimate of drug-likeness (QED) is 0.422. The van der Waals surface area contributed by atoms with Crippen LogP contribution in [0.1, 0.15) is 12.7 Å². The largest absolute Gasteiger partial charge is 0.465 e. The third-order valence-electron chi connectivity index (χ3n) is 2.04. The highest BCUT2D eigenvalue weighted by Gasteiger charge is 2.03. The highest BCUT2D eigenvalue weighted by Crippen LogP contribution is 2.01. The fraction of sp³-hybridized carbons (Fsp3) is 0.333. The lowest BCUT2D eigenvalue weighted by atomic mass is 10.4. The molecule has 0 aliphatic carbocycles. The number of nitrogens with one attached hydrogen (secondary N) is 3. The summed E-state index contributed by atoms with van der Waals surface area (Å²) in [7, 11) is 1.61. The molecule has 1 atom stereocenters. The monoisotopic (exact) mass is 283 g/mol.